The molecule has 6 nitrogen and oxygen atoms in total. The molecular weight excluding hydrogens is 352 g/mol. The van der Waals surface area contributed by atoms with Crippen molar-refractivity contribution in [3.8, 4) is 5.75 Å². The molecule has 1 aliphatic heterocycles. The van der Waals surface area contributed by atoms with Crippen LogP contribution in [0.1, 0.15) is 37.7 Å². The number of nitrogens with one attached hydrogen (secondary N) is 2. The van der Waals surface area contributed by atoms with Gasteiger partial charge in [-0.15, -0.1) is 0 Å². The Morgan fingerprint density at radius 1 is 1.18 bits per heavy atom. The van der Waals surface area contributed by atoms with E-state index in [4.69, 9.17) is 9.47 Å². The molecule has 0 atom stereocenters. The molecule has 2 aliphatic rings. The second kappa shape index (κ2) is 11.3. The second-order valence-corrected chi connectivity index (χ2v) is 7.89. The van der Waals surface area contributed by atoms with Crippen molar-refractivity contribution in [2.24, 2.45) is 10.9 Å². The van der Waals surface area contributed by atoms with Crippen LogP contribution in [0.4, 0.5) is 0 Å². The first-order valence-electron chi connectivity index (χ1n) is 10.7. The highest BCUT2D eigenvalue weighted by atomic mass is 16.5. The molecule has 0 spiro atoms. The average Bonchev–Trinajstić information content (AvgIpc) is 3.56. The summed E-state index contributed by atoms with van der Waals surface area (Å²) < 4.78 is 11.2. The van der Waals surface area contributed by atoms with Gasteiger partial charge in [-0.1, -0.05) is 18.2 Å². The van der Waals surface area contributed by atoms with Crippen LogP contribution in [0.5, 0.6) is 5.75 Å². The summed E-state index contributed by atoms with van der Waals surface area (Å²) in [4.78, 5) is 6.94. The van der Waals surface area contributed by atoms with Crippen molar-refractivity contribution in [1.29, 1.82) is 0 Å². The van der Waals surface area contributed by atoms with E-state index in [1.807, 2.05) is 13.1 Å². The normalized spacial score (nSPS) is 18.9. The predicted molar refractivity (Wildman–Crippen MR) is 114 cm³/mol. The molecule has 28 heavy (non-hydrogen) atoms. The third kappa shape index (κ3) is 6.99. The summed E-state index contributed by atoms with van der Waals surface area (Å²) in [5.41, 5.74) is 1.18. The van der Waals surface area contributed by atoms with Gasteiger partial charge in [0.05, 0.1) is 6.61 Å². The lowest BCUT2D eigenvalue weighted by Crippen LogP contribution is -2.48. The summed E-state index contributed by atoms with van der Waals surface area (Å²) in [6.07, 6.45) is 6.02. The highest BCUT2D eigenvalue weighted by Gasteiger charge is 2.22. The smallest absolute Gasteiger partial charge is 0.191 e. The maximum Gasteiger partial charge on any atom is 0.191 e. The lowest BCUT2D eigenvalue weighted by molar-refractivity contribution is 0.155. The van der Waals surface area contributed by atoms with Gasteiger partial charge in [-0.25, -0.2) is 0 Å². The number of rotatable bonds is 10. The van der Waals surface area contributed by atoms with E-state index in [2.05, 4.69) is 38.7 Å². The van der Waals surface area contributed by atoms with Gasteiger partial charge in [-0.2, -0.15) is 0 Å². The largest absolute Gasteiger partial charge is 0.493 e. The van der Waals surface area contributed by atoms with Crippen molar-refractivity contribution in [2.75, 3.05) is 47.0 Å². The van der Waals surface area contributed by atoms with Crippen LogP contribution in [0.15, 0.2) is 29.3 Å². The highest BCUT2D eigenvalue weighted by Crippen LogP contribution is 2.30. The van der Waals surface area contributed by atoms with Gasteiger partial charge in [0.2, 0.25) is 0 Å². The SMILES string of the molecule is CN=C(NCc1ccccc1OCC1CC1)NC1CCN(CCCOC)CC1. The van der Waals surface area contributed by atoms with Gasteiger partial charge in [0.15, 0.2) is 5.96 Å². The molecule has 1 aromatic carbocycles. The van der Waals surface area contributed by atoms with Gasteiger partial charge < -0.3 is 25.0 Å². The van der Waals surface area contributed by atoms with E-state index in [9.17, 15) is 0 Å². The van der Waals surface area contributed by atoms with Crippen molar-refractivity contribution in [2.45, 2.75) is 44.7 Å². The topological polar surface area (TPSA) is 58.1 Å². The first kappa shape index (κ1) is 20.9. The summed E-state index contributed by atoms with van der Waals surface area (Å²) in [6.45, 7) is 5.81. The van der Waals surface area contributed by atoms with E-state index in [1.54, 1.807) is 7.11 Å². The Morgan fingerprint density at radius 2 is 1.96 bits per heavy atom. The summed E-state index contributed by atoms with van der Waals surface area (Å²) in [5.74, 6) is 2.62. The van der Waals surface area contributed by atoms with Crippen LogP contribution in [0.3, 0.4) is 0 Å². The van der Waals surface area contributed by atoms with Crippen LogP contribution < -0.4 is 15.4 Å². The number of methoxy groups -OCH3 is 1. The van der Waals surface area contributed by atoms with E-state index in [0.29, 0.717) is 6.04 Å². The number of piperidine rings is 1. The fourth-order valence-electron chi connectivity index (χ4n) is 3.58. The van der Waals surface area contributed by atoms with Gasteiger partial charge in [-0.05, 0) is 44.1 Å². The number of benzene rings is 1. The van der Waals surface area contributed by atoms with E-state index < -0.39 is 0 Å². The van der Waals surface area contributed by atoms with Gasteiger partial charge >= 0.3 is 0 Å². The van der Waals surface area contributed by atoms with Crippen LogP contribution in [-0.4, -0.2) is 63.9 Å². The molecule has 1 saturated heterocycles. The van der Waals surface area contributed by atoms with Gasteiger partial charge in [0.25, 0.3) is 0 Å². The Bertz CT molecular complexity index is 610. The molecule has 3 rings (SSSR count). The zero-order valence-corrected chi connectivity index (χ0v) is 17.5. The predicted octanol–water partition coefficient (Wildman–Crippen LogP) is 2.64. The fourth-order valence-corrected chi connectivity index (χ4v) is 3.58. The molecule has 2 fully saturated rings. The van der Waals surface area contributed by atoms with Gasteiger partial charge in [0.1, 0.15) is 5.75 Å². The quantitative estimate of drug-likeness (QED) is 0.367. The van der Waals surface area contributed by atoms with Crippen LogP contribution in [-0.2, 0) is 11.3 Å². The van der Waals surface area contributed by atoms with E-state index in [0.717, 1.165) is 76.3 Å². The minimum Gasteiger partial charge on any atom is -0.493 e. The molecule has 1 heterocycles. The number of guanidine groups is 1. The maximum absolute atomic E-state index is 6.01. The third-order valence-corrected chi connectivity index (χ3v) is 5.57. The number of likely N-dealkylation sites (tertiary alicyclic amines) is 1. The zero-order chi connectivity index (χ0) is 19.6. The summed E-state index contributed by atoms with van der Waals surface area (Å²) in [6, 6.07) is 8.78. The maximum atomic E-state index is 6.01. The third-order valence-electron chi connectivity index (χ3n) is 5.57. The molecule has 2 N–H and O–H groups in total. The molecule has 0 aromatic heterocycles. The number of hydrogen-bond donors (Lipinski definition) is 2. The van der Waals surface area contributed by atoms with Crippen LogP contribution >= 0.6 is 0 Å². The van der Waals surface area contributed by atoms with E-state index >= 15 is 0 Å². The van der Waals surface area contributed by atoms with Crippen molar-refractivity contribution in [1.82, 2.24) is 15.5 Å². The minimum absolute atomic E-state index is 0.478. The average molecular weight is 389 g/mol. The van der Waals surface area contributed by atoms with E-state index in [1.165, 1.54) is 18.4 Å². The van der Waals surface area contributed by atoms with Gasteiger partial charge in [-0.3, -0.25) is 4.99 Å². The highest BCUT2D eigenvalue weighted by molar-refractivity contribution is 5.80. The summed E-state index contributed by atoms with van der Waals surface area (Å²) >= 11 is 0. The molecule has 6 heteroatoms. The fraction of sp³-hybridized carbons (Fsp3) is 0.682. The van der Waals surface area contributed by atoms with Crippen molar-refractivity contribution in [3.63, 3.8) is 0 Å². The molecule has 0 amide bonds. The molecule has 156 valence electrons. The van der Waals surface area contributed by atoms with Crippen molar-refractivity contribution in [3.05, 3.63) is 29.8 Å². The van der Waals surface area contributed by atoms with Crippen LogP contribution in [0.25, 0.3) is 0 Å². The monoisotopic (exact) mass is 388 g/mol. The van der Waals surface area contributed by atoms with E-state index in [-0.39, 0.29) is 0 Å². The Balaban J connectivity index is 1.40. The standard InChI is InChI=1S/C22H36N4O2/c1-23-22(25-20-10-13-26(14-11-20)12-5-15-27-2)24-16-19-6-3-4-7-21(19)28-17-18-8-9-18/h3-4,6-7,18,20H,5,8-17H2,1-2H3,(H2,23,24,25). The Labute approximate surface area is 169 Å². The Hall–Kier alpha value is -1.79. The van der Waals surface area contributed by atoms with Crippen LogP contribution in [0, 0.1) is 5.92 Å². The van der Waals surface area contributed by atoms with Crippen LogP contribution in [0.2, 0.25) is 0 Å². The summed E-state index contributed by atoms with van der Waals surface area (Å²) in [7, 11) is 3.61. The number of para-hydroxylation sites is 1. The molecule has 0 radical (unpaired) electrons. The molecule has 1 saturated carbocycles. The molecular formula is C22H36N4O2. The minimum atomic E-state index is 0.478. The lowest BCUT2D eigenvalue weighted by Gasteiger charge is -2.33. The first-order chi connectivity index (χ1) is 13.8. The molecule has 1 aromatic rings. The van der Waals surface area contributed by atoms with Crippen molar-refractivity contribution >= 4 is 5.96 Å². The molecule has 1 aliphatic carbocycles. The number of nitrogens with zero attached hydrogens (tertiary/aromatic N) is 2. The number of ether oxygens (including phenoxy) is 2. The Kier molecular flexibility index (Phi) is 8.42. The first-order valence-corrected chi connectivity index (χ1v) is 10.7. The van der Waals surface area contributed by atoms with Crippen molar-refractivity contribution < 1.29 is 9.47 Å². The molecule has 0 bridgehead atoms. The number of aliphatic imine (C=N–C) groups is 1. The summed E-state index contributed by atoms with van der Waals surface area (Å²) in [5, 5.41) is 7.05. The van der Waals surface area contributed by atoms with Gasteiger partial charge in [0, 0.05) is 58.5 Å². The second-order valence-electron chi connectivity index (χ2n) is 7.89. The lowest BCUT2D eigenvalue weighted by atomic mass is 10.1. The Morgan fingerprint density at radius 3 is 2.68 bits per heavy atom. The number of hydrogen-bond acceptors (Lipinski definition) is 4. The molecule has 0 unspecified atom stereocenters. The zero-order valence-electron chi connectivity index (χ0n) is 17.5.